The lowest BCUT2D eigenvalue weighted by Gasteiger charge is -2.30. The third-order valence-corrected chi connectivity index (χ3v) is 2.51. The molecule has 1 atom stereocenters. The van der Waals surface area contributed by atoms with E-state index in [9.17, 15) is 4.79 Å². The van der Waals surface area contributed by atoms with Crippen molar-refractivity contribution in [2.24, 2.45) is 0 Å². The summed E-state index contributed by atoms with van der Waals surface area (Å²) in [6.07, 6.45) is 0.577. The number of carbonyl (C=O) groups excluding carboxylic acids is 1. The van der Waals surface area contributed by atoms with Crippen LogP contribution in [0.5, 0.6) is 0 Å². The summed E-state index contributed by atoms with van der Waals surface area (Å²) in [5, 5.41) is 3.25. The fourth-order valence-corrected chi connectivity index (χ4v) is 1.68. The van der Waals surface area contributed by atoms with E-state index < -0.39 is 5.54 Å². The Labute approximate surface area is 110 Å². The average Bonchev–Trinajstić information content (AvgIpc) is 2.28. The largest absolute Gasteiger partial charge is 0.465 e. The maximum atomic E-state index is 12.0. The van der Waals surface area contributed by atoms with Crippen LogP contribution in [-0.2, 0) is 19.0 Å². The van der Waals surface area contributed by atoms with Gasteiger partial charge in [0.25, 0.3) is 0 Å². The first-order chi connectivity index (χ1) is 8.46. The van der Waals surface area contributed by atoms with E-state index in [1.807, 2.05) is 27.7 Å². The molecule has 0 aromatic carbocycles. The van der Waals surface area contributed by atoms with Crippen LogP contribution in [0.25, 0.3) is 0 Å². The Bertz CT molecular complexity index is 233. The van der Waals surface area contributed by atoms with Gasteiger partial charge in [0.05, 0.1) is 19.8 Å². The van der Waals surface area contributed by atoms with Crippen molar-refractivity contribution < 1.29 is 19.0 Å². The lowest BCUT2D eigenvalue weighted by molar-refractivity contribution is -0.151. The summed E-state index contributed by atoms with van der Waals surface area (Å²) in [5.74, 6) is -0.228. The van der Waals surface area contributed by atoms with E-state index >= 15 is 0 Å². The van der Waals surface area contributed by atoms with Crippen molar-refractivity contribution in [3.05, 3.63) is 0 Å². The molecule has 18 heavy (non-hydrogen) atoms. The minimum absolute atomic E-state index is 0.207. The van der Waals surface area contributed by atoms with Crippen molar-refractivity contribution in [2.75, 3.05) is 33.5 Å². The Morgan fingerprint density at radius 2 is 1.94 bits per heavy atom. The molecule has 0 aromatic rings. The number of methoxy groups -OCH3 is 1. The van der Waals surface area contributed by atoms with Gasteiger partial charge in [0.15, 0.2) is 0 Å². The molecule has 5 heteroatoms. The molecule has 0 bridgehead atoms. The molecule has 1 N–H and O–H groups in total. The molecule has 0 amide bonds. The molecular formula is C13H27NO4. The Kier molecular flexibility index (Phi) is 8.97. The predicted octanol–water partition coefficient (Wildman–Crippen LogP) is 1.36. The second-order valence-corrected chi connectivity index (χ2v) is 4.71. The summed E-state index contributed by atoms with van der Waals surface area (Å²) in [6.45, 7) is 9.65. The van der Waals surface area contributed by atoms with Crippen LogP contribution in [0.15, 0.2) is 0 Å². The van der Waals surface area contributed by atoms with Crippen LogP contribution in [0.1, 0.15) is 34.1 Å². The standard InChI is InChI=1S/C13H27NO4/c1-6-18-12(15)13(4,14-11(2)3)7-8-17-10-9-16-5/h11,14H,6-10H2,1-5H3. The van der Waals surface area contributed by atoms with Crippen LogP contribution >= 0.6 is 0 Å². The molecule has 0 fully saturated rings. The number of esters is 1. The van der Waals surface area contributed by atoms with Crippen molar-refractivity contribution >= 4 is 5.97 Å². The highest BCUT2D eigenvalue weighted by molar-refractivity contribution is 5.80. The maximum Gasteiger partial charge on any atom is 0.326 e. The van der Waals surface area contributed by atoms with Gasteiger partial charge in [0, 0.05) is 19.8 Å². The Hall–Kier alpha value is -0.650. The quantitative estimate of drug-likeness (QED) is 0.475. The van der Waals surface area contributed by atoms with Gasteiger partial charge >= 0.3 is 5.97 Å². The van der Waals surface area contributed by atoms with Gasteiger partial charge in [-0.05, 0) is 34.1 Å². The average molecular weight is 261 g/mol. The molecule has 108 valence electrons. The number of hydrogen-bond acceptors (Lipinski definition) is 5. The lowest BCUT2D eigenvalue weighted by atomic mass is 9.97. The molecular weight excluding hydrogens is 234 g/mol. The van der Waals surface area contributed by atoms with Crippen molar-refractivity contribution in [2.45, 2.75) is 45.7 Å². The zero-order valence-electron chi connectivity index (χ0n) is 12.2. The Morgan fingerprint density at radius 3 is 2.44 bits per heavy atom. The molecule has 5 nitrogen and oxygen atoms in total. The third kappa shape index (κ3) is 6.93. The molecule has 0 aliphatic heterocycles. The molecule has 0 rings (SSSR count). The van der Waals surface area contributed by atoms with Gasteiger partial charge in [-0.3, -0.25) is 10.1 Å². The van der Waals surface area contributed by atoms with Crippen molar-refractivity contribution in [3.8, 4) is 0 Å². The summed E-state index contributed by atoms with van der Waals surface area (Å²) in [4.78, 5) is 12.0. The van der Waals surface area contributed by atoms with E-state index in [0.29, 0.717) is 32.8 Å². The second-order valence-electron chi connectivity index (χ2n) is 4.71. The molecule has 0 aliphatic carbocycles. The van der Waals surface area contributed by atoms with Crippen LogP contribution in [0.2, 0.25) is 0 Å². The normalized spacial score (nSPS) is 14.6. The van der Waals surface area contributed by atoms with E-state index in [-0.39, 0.29) is 12.0 Å². The molecule has 1 unspecified atom stereocenters. The zero-order chi connectivity index (χ0) is 14.0. The number of ether oxygens (including phenoxy) is 3. The molecule has 0 spiro atoms. The summed E-state index contributed by atoms with van der Waals surface area (Å²) in [6, 6.07) is 0.207. The van der Waals surface area contributed by atoms with Gasteiger partial charge < -0.3 is 14.2 Å². The van der Waals surface area contributed by atoms with Crippen LogP contribution in [0, 0.1) is 0 Å². The van der Waals surface area contributed by atoms with Gasteiger partial charge in [0.2, 0.25) is 0 Å². The fraction of sp³-hybridized carbons (Fsp3) is 0.923. The first kappa shape index (κ1) is 17.4. The van der Waals surface area contributed by atoms with E-state index in [4.69, 9.17) is 14.2 Å². The van der Waals surface area contributed by atoms with E-state index in [1.165, 1.54) is 0 Å². The minimum Gasteiger partial charge on any atom is -0.465 e. The topological polar surface area (TPSA) is 56.8 Å². The molecule has 0 saturated heterocycles. The molecule has 0 aromatic heterocycles. The van der Waals surface area contributed by atoms with Gasteiger partial charge in [0.1, 0.15) is 5.54 Å². The highest BCUT2D eigenvalue weighted by Crippen LogP contribution is 2.14. The van der Waals surface area contributed by atoms with Gasteiger partial charge in [-0.2, -0.15) is 0 Å². The van der Waals surface area contributed by atoms with Gasteiger partial charge in [-0.25, -0.2) is 0 Å². The second kappa shape index (κ2) is 9.30. The number of hydrogen-bond donors (Lipinski definition) is 1. The number of carbonyl (C=O) groups is 1. The highest BCUT2D eigenvalue weighted by atomic mass is 16.5. The Balaban J connectivity index is 4.25. The van der Waals surface area contributed by atoms with E-state index in [0.717, 1.165) is 0 Å². The smallest absolute Gasteiger partial charge is 0.326 e. The summed E-state index contributed by atoms with van der Waals surface area (Å²) in [7, 11) is 1.63. The SMILES string of the molecule is CCOC(=O)C(C)(CCOCCOC)NC(C)C. The molecule has 0 aliphatic rings. The number of nitrogens with one attached hydrogen (secondary N) is 1. The van der Waals surface area contributed by atoms with Crippen molar-refractivity contribution in [1.29, 1.82) is 0 Å². The van der Waals surface area contributed by atoms with Crippen LogP contribution in [-0.4, -0.2) is 51.1 Å². The zero-order valence-corrected chi connectivity index (χ0v) is 12.2. The van der Waals surface area contributed by atoms with Crippen LogP contribution < -0.4 is 5.32 Å². The monoisotopic (exact) mass is 261 g/mol. The summed E-state index contributed by atoms with van der Waals surface area (Å²) < 4.78 is 15.4. The maximum absolute atomic E-state index is 12.0. The summed E-state index contributed by atoms with van der Waals surface area (Å²) >= 11 is 0. The van der Waals surface area contributed by atoms with Crippen LogP contribution in [0.4, 0.5) is 0 Å². The highest BCUT2D eigenvalue weighted by Gasteiger charge is 2.34. The number of rotatable bonds is 10. The molecule has 0 heterocycles. The van der Waals surface area contributed by atoms with Gasteiger partial charge in [-0.1, -0.05) is 0 Å². The minimum atomic E-state index is -0.697. The third-order valence-electron chi connectivity index (χ3n) is 2.51. The van der Waals surface area contributed by atoms with E-state index in [2.05, 4.69) is 5.32 Å². The predicted molar refractivity (Wildman–Crippen MR) is 70.6 cm³/mol. The fourth-order valence-electron chi connectivity index (χ4n) is 1.68. The van der Waals surface area contributed by atoms with Crippen LogP contribution in [0.3, 0.4) is 0 Å². The van der Waals surface area contributed by atoms with Crippen molar-refractivity contribution in [3.63, 3.8) is 0 Å². The molecule has 0 radical (unpaired) electrons. The van der Waals surface area contributed by atoms with Crippen molar-refractivity contribution in [1.82, 2.24) is 5.32 Å². The lowest BCUT2D eigenvalue weighted by Crippen LogP contribution is -2.53. The molecule has 0 saturated carbocycles. The summed E-state index contributed by atoms with van der Waals surface area (Å²) in [5.41, 5.74) is -0.697. The first-order valence-electron chi connectivity index (χ1n) is 6.48. The first-order valence-corrected chi connectivity index (χ1v) is 6.48. The Morgan fingerprint density at radius 1 is 1.28 bits per heavy atom. The van der Waals surface area contributed by atoms with Gasteiger partial charge in [-0.15, -0.1) is 0 Å². The van der Waals surface area contributed by atoms with E-state index in [1.54, 1.807) is 7.11 Å².